The lowest BCUT2D eigenvalue weighted by molar-refractivity contribution is -0.137. The SMILES string of the molecule is Cc1cccc2c(C(=O)C(C#N)=NCc3ccc(Cl)c(C(F)(F)F)c3)cn(Cc3ccccc3)c12. The van der Waals surface area contributed by atoms with Gasteiger partial charge in [0.2, 0.25) is 5.78 Å². The van der Waals surface area contributed by atoms with Crippen molar-refractivity contribution in [2.75, 3.05) is 0 Å². The molecule has 0 aliphatic carbocycles. The molecule has 3 aromatic carbocycles. The minimum absolute atomic E-state index is 0.185. The highest BCUT2D eigenvalue weighted by atomic mass is 35.5. The van der Waals surface area contributed by atoms with Gasteiger partial charge in [0, 0.05) is 18.1 Å². The molecule has 0 aliphatic heterocycles. The number of rotatable bonds is 6. The van der Waals surface area contributed by atoms with Crippen molar-refractivity contribution in [2.24, 2.45) is 4.99 Å². The first kappa shape index (κ1) is 24.2. The molecule has 0 unspecified atom stereocenters. The number of benzene rings is 3. The maximum atomic E-state index is 13.3. The fraction of sp³-hybridized carbons (Fsp3) is 0.148. The van der Waals surface area contributed by atoms with Crippen LogP contribution in [0.4, 0.5) is 13.2 Å². The Morgan fingerprint density at radius 2 is 1.80 bits per heavy atom. The summed E-state index contributed by atoms with van der Waals surface area (Å²) in [4.78, 5) is 17.4. The Bertz CT molecular complexity index is 1480. The van der Waals surface area contributed by atoms with E-state index in [1.165, 1.54) is 6.07 Å². The first-order valence-corrected chi connectivity index (χ1v) is 11.0. The summed E-state index contributed by atoms with van der Waals surface area (Å²) in [6.07, 6.45) is -2.92. The Morgan fingerprint density at radius 1 is 1.06 bits per heavy atom. The van der Waals surface area contributed by atoms with E-state index in [4.69, 9.17) is 11.6 Å². The second kappa shape index (κ2) is 9.77. The minimum Gasteiger partial charge on any atom is -0.342 e. The highest BCUT2D eigenvalue weighted by Gasteiger charge is 2.33. The number of para-hydroxylation sites is 1. The summed E-state index contributed by atoms with van der Waals surface area (Å²) in [6, 6.07) is 20.5. The minimum atomic E-state index is -4.62. The quantitative estimate of drug-likeness (QED) is 0.214. The number of aryl methyl sites for hydroxylation is 1. The fourth-order valence-corrected chi connectivity index (χ4v) is 4.20. The van der Waals surface area contributed by atoms with E-state index in [0.29, 0.717) is 17.5 Å². The number of ketones is 1. The number of carbonyl (C=O) groups excluding carboxylic acids is 1. The van der Waals surface area contributed by atoms with Gasteiger partial charge in [0.05, 0.1) is 28.2 Å². The van der Waals surface area contributed by atoms with Gasteiger partial charge in [-0.05, 0) is 35.7 Å². The third kappa shape index (κ3) is 5.13. The Labute approximate surface area is 204 Å². The molecule has 0 radical (unpaired) electrons. The summed E-state index contributed by atoms with van der Waals surface area (Å²) in [5.41, 5.74) is 2.00. The Kier molecular flexibility index (Phi) is 6.77. The molecule has 1 aromatic heterocycles. The molecule has 4 nitrogen and oxygen atoms in total. The van der Waals surface area contributed by atoms with Gasteiger partial charge in [-0.3, -0.25) is 9.79 Å². The second-order valence-electron chi connectivity index (χ2n) is 8.05. The molecule has 0 N–H and O–H groups in total. The number of halogens is 4. The number of Topliss-reactive ketones (excluding diaryl/α,β-unsaturated/α-hetero) is 1. The predicted molar refractivity (Wildman–Crippen MR) is 130 cm³/mol. The van der Waals surface area contributed by atoms with Gasteiger partial charge in [-0.1, -0.05) is 66.2 Å². The van der Waals surface area contributed by atoms with Gasteiger partial charge in [-0.15, -0.1) is 0 Å². The molecule has 176 valence electrons. The molecule has 0 spiro atoms. The molecule has 0 saturated heterocycles. The number of nitrogens with zero attached hydrogens (tertiary/aromatic N) is 3. The maximum absolute atomic E-state index is 13.3. The van der Waals surface area contributed by atoms with Gasteiger partial charge in [0.1, 0.15) is 6.07 Å². The van der Waals surface area contributed by atoms with Gasteiger partial charge in [0.15, 0.2) is 5.71 Å². The van der Waals surface area contributed by atoms with Crippen molar-refractivity contribution >= 4 is 34.0 Å². The second-order valence-corrected chi connectivity index (χ2v) is 8.45. The molecule has 0 amide bonds. The molecule has 4 aromatic rings. The van der Waals surface area contributed by atoms with E-state index >= 15 is 0 Å². The van der Waals surface area contributed by atoms with Crippen molar-refractivity contribution in [3.05, 3.63) is 106 Å². The summed E-state index contributed by atoms with van der Waals surface area (Å²) < 4.78 is 41.4. The molecule has 1 heterocycles. The standard InChI is InChI=1S/C27H19ClF3N3O/c1-17-6-5-9-20-21(16-34(25(17)20)15-18-7-3-2-4-8-18)26(35)24(13-32)33-14-19-10-11-23(28)22(12-19)27(29,30)31/h2-12,16H,14-15H2,1H3. The van der Waals surface area contributed by atoms with E-state index in [-0.39, 0.29) is 17.8 Å². The highest BCUT2D eigenvalue weighted by Crippen LogP contribution is 2.35. The molecular formula is C27H19ClF3N3O. The molecule has 0 aliphatic rings. The fourth-order valence-electron chi connectivity index (χ4n) is 3.98. The first-order chi connectivity index (χ1) is 16.7. The zero-order valence-corrected chi connectivity index (χ0v) is 19.4. The van der Waals surface area contributed by atoms with E-state index in [2.05, 4.69) is 4.99 Å². The van der Waals surface area contributed by atoms with E-state index < -0.39 is 22.5 Å². The normalized spacial score (nSPS) is 12.1. The number of hydrogen-bond acceptors (Lipinski definition) is 3. The van der Waals surface area contributed by atoms with E-state index in [9.17, 15) is 23.2 Å². The smallest absolute Gasteiger partial charge is 0.342 e. The van der Waals surface area contributed by atoms with Crippen LogP contribution in [-0.2, 0) is 19.3 Å². The summed E-state index contributed by atoms with van der Waals surface area (Å²) in [5.74, 6) is -0.583. The maximum Gasteiger partial charge on any atom is 0.417 e. The zero-order valence-electron chi connectivity index (χ0n) is 18.6. The molecule has 0 saturated carbocycles. The average molecular weight is 494 g/mol. The van der Waals surface area contributed by atoms with Crippen molar-refractivity contribution in [3.63, 3.8) is 0 Å². The lowest BCUT2D eigenvalue weighted by Crippen LogP contribution is -2.13. The third-order valence-corrected chi connectivity index (χ3v) is 5.95. The number of alkyl halides is 3. The van der Waals surface area contributed by atoms with Crippen LogP contribution in [0.5, 0.6) is 0 Å². The van der Waals surface area contributed by atoms with E-state index in [1.807, 2.05) is 60.0 Å². The molecule has 0 fully saturated rings. The van der Waals surface area contributed by atoms with Crippen molar-refractivity contribution in [3.8, 4) is 6.07 Å². The summed E-state index contributed by atoms with van der Waals surface area (Å²) in [6.45, 7) is 2.20. The van der Waals surface area contributed by atoms with Crippen LogP contribution in [-0.4, -0.2) is 16.1 Å². The lowest BCUT2D eigenvalue weighted by atomic mass is 10.0. The zero-order chi connectivity index (χ0) is 25.2. The molecule has 35 heavy (non-hydrogen) atoms. The molecular weight excluding hydrogens is 475 g/mol. The van der Waals surface area contributed by atoms with Crippen molar-refractivity contribution in [1.29, 1.82) is 5.26 Å². The van der Waals surface area contributed by atoms with Crippen LogP contribution >= 0.6 is 11.6 Å². The Hall–Kier alpha value is -3.89. The number of aliphatic imine (C=N–C) groups is 1. The number of fused-ring (bicyclic) bond motifs is 1. The summed E-state index contributed by atoms with van der Waals surface area (Å²) in [5, 5.41) is 9.88. The van der Waals surface area contributed by atoms with Gasteiger partial charge in [0.25, 0.3) is 0 Å². The van der Waals surface area contributed by atoms with Crippen LogP contribution in [0.2, 0.25) is 5.02 Å². The highest BCUT2D eigenvalue weighted by molar-refractivity contribution is 6.52. The van der Waals surface area contributed by atoms with Gasteiger partial charge in [-0.25, -0.2) is 0 Å². The topological polar surface area (TPSA) is 58.1 Å². The number of hydrogen-bond donors (Lipinski definition) is 0. The van der Waals surface area contributed by atoms with Crippen LogP contribution in [0.1, 0.15) is 32.6 Å². The molecule has 4 rings (SSSR count). The monoisotopic (exact) mass is 493 g/mol. The van der Waals surface area contributed by atoms with Gasteiger partial charge in [-0.2, -0.15) is 18.4 Å². The van der Waals surface area contributed by atoms with Crippen LogP contribution in [0.15, 0.2) is 77.9 Å². The van der Waals surface area contributed by atoms with E-state index in [0.717, 1.165) is 28.8 Å². The van der Waals surface area contributed by atoms with Crippen molar-refractivity contribution in [1.82, 2.24) is 4.57 Å². The van der Waals surface area contributed by atoms with E-state index in [1.54, 1.807) is 12.3 Å². The summed E-state index contributed by atoms with van der Waals surface area (Å²) in [7, 11) is 0. The molecule has 8 heteroatoms. The van der Waals surface area contributed by atoms with Crippen LogP contribution in [0, 0.1) is 18.3 Å². The number of aromatic nitrogens is 1. The Morgan fingerprint density at radius 3 is 2.49 bits per heavy atom. The lowest BCUT2D eigenvalue weighted by Gasteiger charge is -2.10. The van der Waals surface area contributed by atoms with Crippen LogP contribution in [0.25, 0.3) is 10.9 Å². The molecule has 0 bridgehead atoms. The average Bonchev–Trinajstić information content (AvgIpc) is 3.19. The first-order valence-electron chi connectivity index (χ1n) is 10.7. The predicted octanol–water partition coefficient (Wildman–Crippen LogP) is 7.02. The largest absolute Gasteiger partial charge is 0.417 e. The van der Waals surface area contributed by atoms with Crippen LogP contribution in [0.3, 0.4) is 0 Å². The summed E-state index contributed by atoms with van der Waals surface area (Å²) >= 11 is 5.67. The number of nitriles is 1. The number of carbonyl (C=O) groups is 1. The van der Waals surface area contributed by atoms with Crippen molar-refractivity contribution in [2.45, 2.75) is 26.2 Å². The Balaban J connectivity index is 1.69. The van der Waals surface area contributed by atoms with Gasteiger partial charge < -0.3 is 4.57 Å². The molecule has 0 atom stereocenters. The van der Waals surface area contributed by atoms with Gasteiger partial charge >= 0.3 is 6.18 Å². The third-order valence-electron chi connectivity index (χ3n) is 5.62. The van der Waals surface area contributed by atoms with Crippen molar-refractivity contribution < 1.29 is 18.0 Å². The van der Waals surface area contributed by atoms with Crippen LogP contribution < -0.4 is 0 Å².